The van der Waals surface area contributed by atoms with Gasteiger partial charge in [-0.05, 0) is 0 Å². The molecule has 0 aliphatic heterocycles. The van der Waals surface area contributed by atoms with Crippen LogP contribution in [0.2, 0.25) is 0 Å². The standard InChI is InChI=1S/C5H5F7O/c6-2(3(7)8)5(11,12)4(9,10)1-13/h2-3,13H,1H2. The van der Waals surface area contributed by atoms with E-state index in [0.717, 1.165) is 0 Å². The predicted octanol–water partition coefficient (Wildman–Crippen LogP) is 1.85. The topological polar surface area (TPSA) is 20.2 Å². The summed E-state index contributed by atoms with van der Waals surface area (Å²) < 4.78 is 82.6. The number of hydrogen-bond donors (Lipinski definition) is 1. The highest BCUT2D eigenvalue weighted by molar-refractivity contribution is 4.91. The third-order valence-corrected chi connectivity index (χ3v) is 1.25. The second-order valence-electron chi connectivity index (χ2n) is 2.22. The van der Waals surface area contributed by atoms with Gasteiger partial charge >= 0.3 is 11.8 Å². The first kappa shape index (κ1) is 12.5. The second-order valence-corrected chi connectivity index (χ2v) is 2.22. The van der Waals surface area contributed by atoms with Gasteiger partial charge < -0.3 is 5.11 Å². The van der Waals surface area contributed by atoms with E-state index in [2.05, 4.69) is 0 Å². The molecule has 80 valence electrons. The summed E-state index contributed by atoms with van der Waals surface area (Å²) in [7, 11) is 0. The Labute approximate surface area is 68.2 Å². The molecule has 0 spiro atoms. The Morgan fingerprint density at radius 1 is 1.00 bits per heavy atom. The van der Waals surface area contributed by atoms with E-state index in [0.29, 0.717) is 0 Å². The number of aliphatic hydroxyl groups is 1. The zero-order chi connectivity index (χ0) is 10.9. The van der Waals surface area contributed by atoms with Gasteiger partial charge in [-0.25, -0.2) is 13.2 Å². The molecule has 0 amide bonds. The van der Waals surface area contributed by atoms with Crippen molar-refractivity contribution in [3.8, 4) is 0 Å². The maximum absolute atomic E-state index is 12.1. The van der Waals surface area contributed by atoms with Crippen molar-refractivity contribution in [1.29, 1.82) is 0 Å². The van der Waals surface area contributed by atoms with Crippen molar-refractivity contribution >= 4 is 0 Å². The van der Waals surface area contributed by atoms with E-state index < -0.39 is 31.0 Å². The van der Waals surface area contributed by atoms with E-state index in [4.69, 9.17) is 5.11 Å². The summed E-state index contributed by atoms with van der Waals surface area (Å²) in [4.78, 5) is 0. The fourth-order valence-corrected chi connectivity index (χ4v) is 0.465. The van der Waals surface area contributed by atoms with Gasteiger partial charge in [0.15, 0.2) is 0 Å². The highest BCUT2D eigenvalue weighted by atomic mass is 19.3. The molecule has 0 saturated carbocycles. The maximum atomic E-state index is 12.1. The number of aliphatic hydroxyl groups excluding tert-OH is 1. The van der Waals surface area contributed by atoms with Gasteiger partial charge in [0, 0.05) is 0 Å². The first-order valence-corrected chi connectivity index (χ1v) is 2.95. The van der Waals surface area contributed by atoms with Crippen molar-refractivity contribution in [3.05, 3.63) is 0 Å². The van der Waals surface area contributed by atoms with Gasteiger partial charge in [-0.2, -0.15) is 17.6 Å². The van der Waals surface area contributed by atoms with Crippen LogP contribution in [0.15, 0.2) is 0 Å². The molecule has 0 aliphatic carbocycles. The van der Waals surface area contributed by atoms with E-state index in [9.17, 15) is 30.7 Å². The number of hydrogen-bond acceptors (Lipinski definition) is 1. The highest BCUT2D eigenvalue weighted by Crippen LogP contribution is 2.40. The van der Waals surface area contributed by atoms with Crippen molar-refractivity contribution in [3.63, 3.8) is 0 Å². The number of halogens is 7. The van der Waals surface area contributed by atoms with Crippen LogP contribution in [0.1, 0.15) is 0 Å². The molecule has 13 heavy (non-hydrogen) atoms. The molecule has 0 saturated heterocycles. The zero-order valence-electron chi connectivity index (χ0n) is 5.95. The molecular weight excluding hydrogens is 209 g/mol. The third kappa shape index (κ3) is 2.23. The van der Waals surface area contributed by atoms with Gasteiger partial charge in [-0.15, -0.1) is 0 Å². The van der Waals surface area contributed by atoms with E-state index in [-0.39, 0.29) is 0 Å². The molecule has 0 bridgehead atoms. The van der Waals surface area contributed by atoms with Gasteiger partial charge in [-0.1, -0.05) is 0 Å². The average molecular weight is 214 g/mol. The Bertz CT molecular complexity index is 168. The minimum absolute atomic E-state index is 2.40. The highest BCUT2D eigenvalue weighted by Gasteiger charge is 2.64. The molecule has 1 atom stereocenters. The number of rotatable bonds is 4. The van der Waals surface area contributed by atoms with Crippen LogP contribution in [0.5, 0.6) is 0 Å². The Hall–Kier alpha value is -0.530. The molecule has 1 N–H and O–H groups in total. The fraction of sp³-hybridized carbons (Fsp3) is 1.00. The molecule has 1 unspecified atom stereocenters. The molecule has 0 heterocycles. The predicted molar refractivity (Wildman–Crippen MR) is 27.9 cm³/mol. The average Bonchev–Trinajstić information content (AvgIpc) is 2.02. The molecule has 0 aromatic rings. The lowest BCUT2D eigenvalue weighted by Crippen LogP contribution is -2.52. The summed E-state index contributed by atoms with van der Waals surface area (Å²) in [5.41, 5.74) is 0. The van der Waals surface area contributed by atoms with Crippen molar-refractivity contribution in [2.24, 2.45) is 0 Å². The SMILES string of the molecule is OCC(F)(F)C(F)(F)C(F)C(F)F. The molecule has 1 nitrogen and oxygen atoms in total. The molecule has 0 aliphatic rings. The monoisotopic (exact) mass is 214 g/mol. The van der Waals surface area contributed by atoms with Crippen molar-refractivity contribution in [2.45, 2.75) is 24.4 Å². The molecule has 0 rings (SSSR count). The lowest BCUT2D eigenvalue weighted by molar-refractivity contribution is -0.268. The van der Waals surface area contributed by atoms with Crippen LogP contribution in [0.4, 0.5) is 30.7 Å². The lowest BCUT2D eigenvalue weighted by atomic mass is 10.1. The lowest BCUT2D eigenvalue weighted by Gasteiger charge is -2.26. The molecule has 0 aromatic carbocycles. The van der Waals surface area contributed by atoms with Crippen LogP contribution < -0.4 is 0 Å². The first-order valence-electron chi connectivity index (χ1n) is 2.95. The smallest absolute Gasteiger partial charge is 0.348 e. The molecule has 0 fully saturated rings. The maximum Gasteiger partial charge on any atom is 0.348 e. The van der Waals surface area contributed by atoms with Crippen molar-refractivity contribution < 1.29 is 35.8 Å². The Morgan fingerprint density at radius 2 is 1.38 bits per heavy atom. The van der Waals surface area contributed by atoms with E-state index in [1.165, 1.54) is 0 Å². The summed E-state index contributed by atoms with van der Waals surface area (Å²) in [6, 6.07) is 0. The van der Waals surface area contributed by atoms with Crippen LogP contribution in [0.25, 0.3) is 0 Å². The summed E-state index contributed by atoms with van der Waals surface area (Å²) in [5.74, 6) is -10.8. The van der Waals surface area contributed by atoms with E-state index in [1.54, 1.807) is 0 Å². The summed E-state index contributed by atoms with van der Waals surface area (Å²) in [6.45, 7) is -2.40. The molecule has 8 heteroatoms. The minimum Gasteiger partial charge on any atom is -0.390 e. The van der Waals surface area contributed by atoms with Crippen LogP contribution in [-0.4, -0.2) is 36.2 Å². The summed E-state index contributed by atoms with van der Waals surface area (Å²) >= 11 is 0. The van der Waals surface area contributed by atoms with Crippen LogP contribution >= 0.6 is 0 Å². The second kappa shape index (κ2) is 3.69. The van der Waals surface area contributed by atoms with Crippen molar-refractivity contribution in [1.82, 2.24) is 0 Å². The number of alkyl halides is 7. The van der Waals surface area contributed by atoms with E-state index >= 15 is 0 Å². The van der Waals surface area contributed by atoms with E-state index in [1.807, 2.05) is 0 Å². The molecule has 0 aromatic heterocycles. The van der Waals surface area contributed by atoms with Gasteiger partial charge in [0.2, 0.25) is 6.17 Å². The quantitative estimate of drug-likeness (QED) is 0.708. The third-order valence-electron chi connectivity index (χ3n) is 1.25. The summed E-state index contributed by atoms with van der Waals surface area (Å²) in [6.07, 6.45) is -8.53. The largest absolute Gasteiger partial charge is 0.390 e. The summed E-state index contributed by atoms with van der Waals surface area (Å²) in [5, 5.41) is 7.72. The van der Waals surface area contributed by atoms with Crippen LogP contribution in [0, 0.1) is 0 Å². The minimum atomic E-state index is -5.57. The van der Waals surface area contributed by atoms with Gasteiger partial charge in [0.1, 0.15) is 6.61 Å². The first-order chi connectivity index (χ1) is 5.66. The Balaban J connectivity index is 4.74. The van der Waals surface area contributed by atoms with Gasteiger partial charge in [0.25, 0.3) is 6.43 Å². The fourth-order valence-electron chi connectivity index (χ4n) is 0.465. The zero-order valence-corrected chi connectivity index (χ0v) is 5.95. The molecular formula is C5H5F7O. The van der Waals surface area contributed by atoms with Gasteiger partial charge in [-0.3, -0.25) is 0 Å². The van der Waals surface area contributed by atoms with Crippen molar-refractivity contribution in [2.75, 3.05) is 6.61 Å². The van der Waals surface area contributed by atoms with Crippen LogP contribution in [-0.2, 0) is 0 Å². The molecule has 0 radical (unpaired) electrons. The van der Waals surface area contributed by atoms with Gasteiger partial charge in [0.05, 0.1) is 0 Å². The Kier molecular flexibility index (Phi) is 3.54. The van der Waals surface area contributed by atoms with Crippen LogP contribution in [0.3, 0.4) is 0 Å². The normalized spacial score (nSPS) is 16.4. The Morgan fingerprint density at radius 3 is 1.62 bits per heavy atom.